The van der Waals surface area contributed by atoms with Crippen molar-refractivity contribution in [1.29, 1.82) is 0 Å². The molecule has 1 saturated heterocycles. The Morgan fingerprint density at radius 3 is 2.95 bits per heavy atom. The maximum Gasteiger partial charge on any atom is 0.234 e. The van der Waals surface area contributed by atoms with Crippen molar-refractivity contribution in [2.24, 2.45) is 5.73 Å². The number of morpholine rings is 1. The molecule has 2 rings (SSSR count). The molecular formula is C11H20N6O2. The van der Waals surface area contributed by atoms with Crippen LogP contribution in [0.1, 0.15) is 5.69 Å². The molecule has 0 spiro atoms. The number of nitrogens with two attached hydrogens (primary N) is 1. The third kappa shape index (κ3) is 4.58. The summed E-state index contributed by atoms with van der Waals surface area (Å²) in [5.41, 5.74) is 5.94. The zero-order chi connectivity index (χ0) is 13.5. The average molecular weight is 268 g/mol. The summed E-state index contributed by atoms with van der Waals surface area (Å²) in [5, 5.41) is 10.7. The number of carbonyl (C=O) groups excluding carboxylic acids is 1. The molecule has 1 aliphatic rings. The van der Waals surface area contributed by atoms with Crippen molar-refractivity contribution in [1.82, 2.24) is 25.2 Å². The first-order valence-electron chi connectivity index (χ1n) is 6.44. The minimum Gasteiger partial charge on any atom is -0.379 e. The summed E-state index contributed by atoms with van der Waals surface area (Å²) >= 11 is 0. The molecule has 2 heterocycles. The minimum absolute atomic E-state index is 0.00876. The van der Waals surface area contributed by atoms with E-state index in [0.717, 1.165) is 45.1 Å². The van der Waals surface area contributed by atoms with Gasteiger partial charge >= 0.3 is 0 Å². The molecule has 0 atom stereocenters. The Bertz CT molecular complexity index is 402. The zero-order valence-electron chi connectivity index (χ0n) is 10.9. The third-order valence-electron chi connectivity index (χ3n) is 2.99. The van der Waals surface area contributed by atoms with Gasteiger partial charge in [0.2, 0.25) is 5.91 Å². The van der Waals surface area contributed by atoms with Gasteiger partial charge in [0.25, 0.3) is 0 Å². The van der Waals surface area contributed by atoms with E-state index >= 15 is 0 Å². The van der Waals surface area contributed by atoms with E-state index < -0.39 is 0 Å². The van der Waals surface area contributed by atoms with Crippen LogP contribution in [0.25, 0.3) is 0 Å². The van der Waals surface area contributed by atoms with Crippen molar-refractivity contribution >= 4 is 5.91 Å². The van der Waals surface area contributed by atoms with Crippen LogP contribution in [0.4, 0.5) is 0 Å². The van der Waals surface area contributed by atoms with Crippen LogP contribution in [-0.4, -0.2) is 65.2 Å². The van der Waals surface area contributed by atoms with Crippen LogP contribution in [0, 0.1) is 0 Å². The first-order valence-corrected chi connectivity index (χ1v) is 6.44. The smallest absolute Gasteiger partial charge is 0.234 e. The van der Waals surface area contributed by atoms with E-state index in [2.05, 4.69) is 20.5 Å². The highest BCUT2D eigenvalue weighted by Gasteiger charge is 2.10. The number of nitrogens with one attached hydrogen (secondary N) is 1. The van der Waals surface area contributed by atoms with Gasteiger partial charge in [0, 0.05) is 19.6 Å². The topological polar surface area (TPSA) is 98.3 Å². The van der Waals surface area contributed by atoms with Gasteiger partial charge in [-0.25, -0.2) is 0 Å². The van der Waals surface area contributed by atoms with Gasteiger partial charge < -0.3 is 15.8 Å². The number of carbonyl (C=O) groups is 1. The highest BCUT2D eigenvalue weighted by molar-refractivity contribution is 5.77. The number of nitrogens with zero attached hydrogens (tertiary/aromatic N) is 4. The lowest BCUT2D eigenvalue weighted by Gasteiger charge is -2.26. The van der Waals surface area contributed by atoms with Crippen molar-refractivity contribution < 1.29 is 9.53 Å². The lowest BCUT2D eigenvalue weighted by atomic mass is 10.4. The fourth-order valence-corrected chi connectivity index (χ4v) is 1.86. The minimum atomic E-state index is -0.192. The van der Waals surface area contributed by atoms with Crippen LogP contribution in [0.5, 0.6) is 0 Å². The van der Waals surface area contributed by atoms with Gasteiger partial charge in [-0.05, 0) is 0 Å². The second-order valence-electron chi connectivity index (χ2n) is 4.41. The van der Waals surface area contributed by atoms with E-state index in [4.69, 9.17) is 10.5 Å². The molecule has 1 amide bonds. The molecule has 0 aliphatic carbocycles. The Kier molecular flexibility index (Phi) is 5.25. The first-order chi connectivity index (χ1) is 9.28. The van der Waals surface area contributed by atoms with Crippen LogP contribution in [-0.2, 0) is 22.6 Å². The molecule has 106 valence electrons. The Morgan fingerprint density at radius 1 is 1.42 bits per heavy atom. The Hall–Kier alpha value is -1.51. The van der Waals surface area contributed by atoms with Crippen molar-refractivity contribution in [3.63, 3.8) is 0 Å². The van der Waals surface area contributed by atoms with Crippen molar-refractivity contribution in [3.8, 4) is 0 Å². The van der Waals surface area contributed by atoms with E-state index in [0.29, 0.717) is 6.54 Å². The molecule has 0 bridgehead atoms. The summed E-state index contributed by atoms with van der Waals surface area (Å²) in [6.45, 7) is 5.61. The maximum absolute atomic E-state index is 11.0. The van der Waals surface area contributed by atoms with E-state index in [1.165, 1.54) is 0 Å². The van der Waals surface area contributed by atoms with E-state index in [-0.39, 0.29) is 12.5 Å². The predicted octanol–water partition coefficient (Wildman–Crippen LogP) is -1.81. The van der Waals surface area contributed by atoms with Crippen molar-refractivity contribution in [3.05, 3.63) is 11.9 Å². The normalized spacial score (nSPS) is 16.5. The lowest BCUT2D eigenvalue weighted by molar-refractivity contribution is -0.119. The molecule has 3 N–H and O–H groups in total. The first kappa shape index (κ1) is 13.9. The second kappa shape index (κ2) is 7.17. The summed E-state index contributed by atoms with van der Waals surface area (Å²) in [4.78, 5) is 13.3. The quantitative estimate of drug-likeness (QED) is 0.631. The van der Waals surface area contributed by atoms with Crippen LogP contribution in [0.15, 0.2) is 6.20 Å². The molecule has 0 radical (unpaired) electrons. The maximum atomic E-state index is 11.0. The van der Waals surface area contributed by atoms with Gasteiger partial charge in [0.1, 0.15) is 5.69 Å². The molecule has 0 aromatic carbocycles. The van der Waals surface area contributed by atoms with Crippen molar-refractivity contribution in [2.75, 3.05) is 39.4 Å². The fourth-order valence-electron chi connectivity index (χ4n) is 1.86. The molecule has 1 aliphatic heterocycles. The molecule has 8 nitrogen and oxygen atoms in total. The predicted molar refractivity (Wildman–Crippen MR) is 68.2 cm³/mol. The monoisotopic (exact) mass is 268 g/mol. The third-order valence-corrected chi connectivity index (χ3v) is 2.99. The van der Waals surface area contributed by atoms with Gasteiger partial charge in [-0.15, -0.1) is 5.10 Å². The number of ether oxygens (including phenoxy) is 1. The average Bonchev–Trinajstić information content (AvgIpc) is 2.91. The largest absolute Gasteiger partial charge is 0.379 e. The molecule has 1 fully saturated rings. The zero-order valence-corrected chi connectivity index (χ0v) is 10.9. The number of amides is 1. The lowest BCUT2D eigenvalue weighted by Crippen LogP contribution is -2.38. The fraction of sp³-hybridized carbons (Fsp3) is 0.727. The Labute approximate surface area is 111 Å². The molecule has 1 aromatic rings. The summed E-state index contributed by atoms with van der Waals surface area (Å²) in [6, 6.07) is 0. The highest BCUT2D eigenvalue weighted by atomic mass is 16.5. The van der Waals surface area contributed by atoms with Gasteiger partial charge in [-0.1, -0.05) is 5.21 Å². The molecule has 19 heavy (non-hydrogen) atoms. The molecule has 8 heteroatoms. The summed E-state index contributed by atoms with van der Waals surface area (Å²) in [5.74, 6) is -0.192. The standard InChI is InChI=1S/C11H20N6O2/c12-7-11(18)13-8-10-9-17(15-14-10)2-1-16-3-5-19-6-4-16/h9H,1-8,12H2,(H,13,18). The molecule has 0 unspecified atom stereocenters. The van der Waals surface area contributed by atoms with Gasteiger partial charge in [-0.3, -0.25) is 14.4 Å². The molecule has 1 aromatic heterocycles. The van der Waals surface area contributed by atoms with Gasteiger partial charge in [0.05, 0.1) is 39.0 Å². The van der Waals surface area contributed by atoms with Gasteiger partial charge in [-0.2, -0.15) is 0 Å². The number of hydrogen-bond donors (Lipinski definition) is 2. The number of aromatic nitrogens is 3. The van der Waals surface area contributed by atoms with Crippen LogP contribution >= 0.6 is 0 Å². The van der Waals surface area contributed by atoms with Crippen LogP contribution in [0.3, 0.4) is 0 Å². The SMILES string of the molecule is NCC(=O)NCc1cn(CCN2CCOCC2)nn1. The van der Waals surface area contributed by atoms with Gasteiger partial charge in [0.15, 0.2) is 0 Å². The summed E-state index contributed by atoms with van der Waals surface area (Å²) in [6.07, 6.45) is 1.84. The Morgan fingerprint density at radius 2 is 2.21 bits per heavy atom. The summed E-state index contributed by atoms with van der Waals surface area (Å²) in [7, 11) is 0. The second-order valence-corrected chi connectivity index (χ2v) is 4.41. The van der Waals surface area contributed by atoms with Crippen LogP contribution < -0.4 is 11.1 Å². The van der Waals surface area contributed by atoms with Crippen molar-refractivity contribution in [2.45, 2.75) is 13.1 Å². The highest BCUT2D eigenvalue weighted by Crippen LogP contribution is 1.98. The van der Waals surface area contributed by atoms with E-state index in [9.17, 15) is 4.79 Å². The number of rotatable bonds is 6. The summed E-state index contributed by atoms with van der Waals surface area (Å²) < 4.78 is 7.09. The Balaban J connectivity index is 1.72. The van der Waals surface area contributed by atoms with E-state index in [1.54, 1.807) is 4.68 Å². The number of hydrogen-bond acceptors (Lipinski definition) is 6. The molecule has 0 saturated carbocycles. The van der Waals surface area contributed by atoms with E-state index in [1.807, 2.05) is 6.20 Å². The van der Waals surface area contributed by atoms with Crippen LogP contribution in [0.2, 0.25) is 0 Å². The molecular weight excluding hydrogens is 248 g/mol.